The molecule has 0 amide bonds. The molecule has 96 valence electrons. The Balaban J connectivity index is 2.43. The molecule has 1 aliphatic carbocycles. The predicted octanol–water partition coefficient (Wildman–Crippen LogP) is 2.42. The molecule has 0 spiro atoms. The molecule has 1 rings (SSSR count). The summed E-state index contributed by atoms with van der Waals surface area (Å²) in [5.74, 6) is -2.42. The lowest BCUT2D eigenvalue weighted by Gasteiger charge is -2.39. The van der Waals surface area contributed by atoms with E-state index in [0.29, 0.717) is 5.92 Å². The fourth-order valence-electron chi connectivity index (χ4n) is 2.85. The predicted molar refractivity (Wildman–Crippen MR) is 60.6 cm³/mol. The van der Waals surface area contributed by atoms with Crippen molar-refractivity contribution in [2.45, 2.75) is 52.0 Å². The van der Waals surface area contributed by atoms with Gasteiger partial charge in [0.2, 0.25) is 0 Å². The van der Waals surface area contributed by atoms with Gasteiger partial charge in [0.25, 0.3) is 5.92 Å². The van der Waals surface area contributed by atoms with E-state index in [1.807, 2.05) is 0 Å². The second-order valence-corrected chi connectivity index (χ2v) is 6.01. The molecule has 0 aromatic carbocycles. The molecule has 2 unspecified atom stereocenters. The molecule has 0 radical (unpaired) electrons. The van der Waals surface area contributed by atoms with Gasteiger partial charge in [-0.05, 0) is 30.6 Å². The van der Waals surface area contributed by atoms with Crippen LogP contribution in [0.5, 0.6) is 0 Å². The quantitative estimate of drug-likeness (QED) is 0.784. The molecule has 1 aliphatic rings. The average molecular weight is 235 g/mol. The zero-order valence-corrected chi connectivity index (χ0v) is 10.4. The van der Waals surface area contributed by atoms with Crippen LogP contribution in [-0.4, -0.2) is 30.2 Å². The van der Waals surface area contributed by atoms with E-state index < -0.39 is 19.1 Å². The molecule has 4 heteroatoms. The third-order valence-corrected chi connectivity index (χ3v) is 3.27. The molecule has 0 heterocycles. The minimum Gasteiger partial charge on any atom is -0.390 e. The number of halogens is 2. The number of hydrogen-bond acceptors (Lipinski definition) is 2. The first-order chi connectivity index (χ1) is 7.24. The van der Waals surface area contributed by atoms with Crippen LogP contribution in [0.1, 0.15) is 40.0 Å². The second kappa shape index (κ2) is 4.96. The molecule has 2 atom stereocenters. The summed E-state index contributed by atoms with van der Waals surface area (Å²) in [6.07, 6.45) is 3.03. The number of rotatable bonds is 4. The molecule has 1 fully saturated rings. The maximum Gasteiger partial charge on any atom is 0.282 e. The molecule has 0 aliphatic heterocycles. The van der Waals surface area contributed by atoms with E-state index in [2.05, 4.69) is 26.1 Å². The summed E-state index contributed by atoms with van der Waals surface area (Å²) >= 11 is 0. The third kappa shape index (κ3) is 4.34. The van der Waals surface area contributed by atoms with E-state index in [1.165, 1.54) is 0 Å². The Morgan fingerprint density at radius 2 is 2.00 bits per heavy atom. The maximum atomic E-state index is 12.9. The largest absolute Gasteiger partial charge is 0.390 e. The molecule has 2 nitrogen and oxygen atoms in total. The summed E-state index contributed by atoms with van der Waals surface area (Å²) in [5.41, 5.74) is 0.226. The standard InChI is InChI=1S/C12H23F2NO/c1-9-4-10(6-11(2,3)5-9)15-7-12(13,14)8-16/h9-10,15-16H,4-8H2,1-3H3. The molecule has 2 N–H and O–H groups in total. The normalized spacial score (nSPS) is 30.4. The molecule has 0 bridgehead atoms. The van der Waals surface area contributed by atoms with Crippen LogP contribution in [-0.2, 0) is 0 Å². The van der Waals surface area contributed by atoms with Crippen molar-refractivity contribution in [1.82, 2.24) is 5.32 Å². The van der Waals surface area contributed by atoms with Gasteiger partial charge in [-0.15, -0.1) is 0 Å². The van der Waals surface area contributed by atoms with Crippen molar-refractivity contribution in [3.05, 3.63) is 0 Å². The Morgan fingerprint density at radius 3 is 2.50 bits per heavy atom. The van der Waals surface area contributed by atoms with Gasteiger partial charge in [-0.1, -0.05) is 20.8 Å². The molecule has 0 aromatic rings. The fraction of sp³-hybridized carbons (Fsp3) is 1.00. The van der Waals surface area contributed by atoms with Crippen molar-refractivity contribution in [2.24, 2.45) is 11.3 Å². The number of hydrogen-bond donors (Lipinski definition) is 2. The van der Waals surface area contributed by atoms with Crippen LogP contribution in [0.25, 0.3) is 0 Å². The van der Waals surface area contributed by atoms with Crippen molar-refractivity contribution in [3.8, 4) is 0 Å². The Bertz CT molecular complexity index is 231. The highest BCUT2D eigenvalue weighted by Crippen LogP contribution is 2.38. The van der Waals surface area contributed by atoms with Crippen molar-refractivity contribution in [1.29, 1.82) is 0 Å². The zero-order valence-electron chi connectivity index (χ0n) is 10.4. The Kier molecular flexibility index (Phi) is 4.29. The SMILES string of the molecule is CC1CC(NCC(F)(F)CO)CC(C)(C)C1. The molecule has 0 saturated heterocycles. The van der Waals surface area contributed by atoms with Gasteiger partial charge in [0.1, 0.15) is 6.61 Å². The number of alkyl halides is 2. The smallest absolute Gasteiger partial charge is 0.282 e. The summed E-state index contributed by atoms with van der Waals surface area (Å²) in [7, 11) is 0. The van der Waals surface area contributed by atoms with Gasteiger partial charge in [-0.2, -0.15) is 0 Å². The summed E-state index contributed by atoms with van der Waals surface area (Å²) < 4.78 is 25.8. The Morgan fingerprint density at radius 1 is 1.38 bits per heavy atom. The highest BCUT2D eigenvalue weighted by molar-refractivity contribution is 4.87. The van der Waals surface area contributed by atoms with Crippen LogP contribution in [0, 0.1) is 11.3 Å². The topological polar surface area (TPSA) is 32.3 Å². The van der Waals surface area contributed by atoms with Gasteiger partial charge in [-0.3, -0.25) is 0 Å². The molecular formula is C12H23F2NO. The van der Waals surface area contributed by atoms with E-state index in [9.17, 15) is 8.78 Å². The third-order valence-electron chi connectivity index (χ3n) is 3.27. The maximum absolute atomic E-state index is 12.9. The van der Waals surface area contributed by atoms with E-state index >= 15 is 0 Å². The van der Waals surface area contributed by atoms with E-state index in [0.717, 1.165) is 19.3 Å². The first kappa shape index (κ1) is 13.8. The Labute approximate surface area is 96.4 Å². The van der Waals surface area contributed by atoms with Gasteiger partial charge in [0.05, 0.1) is 6.54 Å². The first-order valence-corrected chi connectivity index (χ1v) is 5.96. The number of nitrogens with one attached hydrogen (secondary N) is 1. The minimum absolute atomic E-state index is 0.149. The van der Waals surface area contributed by atoms with Crippen LogP contribution in [0.15, 0.2) is 0 Å². The molecule has 0 aromatic heterocycles. The number of aliphatic hydroxyl groups is 1. The van der Waals surface area contributed by atoms with Gasteiger partial charge in [-0.25, -0.2) is 8.78 Å². The lowest BCUT2D eigenvalue weighted by molar-refractivity contribution is -0.0516. The van der Waals surface area contributed by atoms with Crippen molar-refractivity contribution >= 4 is 0 Å². The molecule has 16 heavy (non-hydrogen) atoms. The lowest BCUT2D eigenvalue weighted by Crippen LogP contribution is -2.45. The summed E-state index contributed by atoms with van der Waals surface area (Å²) in [5, 5.41) is 11.4. The van der Waals surface area contributed by atoms with Crippen LogP contribution >= 0.6 is 0 Å². The van der Waals surface area contributed by atoms with Crippen molar-refractivity contribution in [2.75, 3.05) is 13.2 Å². The first-order valence-electron chi connectivity index (χ1n) is 5.96. The fourth-order valence-corrected chi connectivity index (χ4v) is 2.85. The van der Waals surface area contributed by atoms with Crippen molar-refractivity contribution in [3.63, 3.8) is 0 Å². The highest BCUT2D eigenvalue weighted by Gasteiger charge is 2.34. The van der Waals surface area contributed by atoms with Crippen molar-refractivity contribution < 1.29 is 13.9 Å². The van der Waals surface area contributed by atoms with Crippen LogP contribution in [0.4, 0.5) is 8.78 Å². The van der Waals surface area contributed by atoms with Gasteiger partial charge in [0, 0.05) is 6.04 Å². The monoisotopic (exact) mass is 235 g/mol. The van der Waals surface area contributed by atoms with Crippen LogP contribution < -0.4 is 5.32 Å². The summed E-state index contributed by atoms with van der Waals surface area (Å²) in [4.78, 5) is 0. The highest BCUT2D eigenvalue weighted by atomic mass is 19.3. The van der Waals surface area contributed by atoms with Gasteiger partial charge >= 0.3 is 0 Å². The summed E-state index contributed by atoms with van der Waals surface area (Å²) in [6.45, 7) is 5.03. The molecule has 1 saturated carbocycles. The average Bonchev–Trinajstić information content (AvgIpc) is 2.12. The van der Waals surface area contributed by atoms with Crippen LogP contribution in [0.3, 0.4) is 0 Å². The number of aliphatic hydroxyl groups excluding tert-OH is 1. The van der Waals surface area contributed by atoms with Gasteiger partial charge in [0.15, 0.2) is 0 Å². The second-order valence-electron chi connectivity index (χ2n) is 6.01. The molecular weight excluding hydrogens is 212 g/mol. The zero-order chi connectivity index (χ0) is 12.4. The van der Waals surface area contributed by atoms with Crippen LogP contribution in [0.2, 0.25) is 0 Å². The van der Waals surface area contributed by atoms with Gasteiger partial charge < -0.3 is 10.4 Å². The Hall–Kier alpha value is -0.220. The lowest BCUT2D eigenvalue weighted by atomic mass is 9.70. The summed E-state index contributed by atoms with van der Waals surface area (Å²) in [6, 6.07) is 0.149. The minimum atomic E-state index is -3.00. The van der Waals surface area contributed by atoms with E-state index in [1.54, 1.807) is 0 Å². The van der Waals surface area contributed by atoms with E-state index in [4.69, 9.17) is 5.11 Å². The van der Waals surface area contributed by atoms with E-state index in [-0.39, 0.29) is 11.5 Å².